The van der Waals surface area contributed by atoms with Crippen molar-refractivity contribution in [1.29, 1.82) is 5.41 Å². The number of hydrogen-bond donors (Lipinski definition) is 1. The van der Waals surface area contributed by atoms with E-state index in [1.54, 1.807) is 6.08 Å². The third-order valence-corrected chi connectivity index (χ3v) is 7.19. The number of fused-ring (bicyclic) bond motifs is 1. The van der Waals surface area contributed by atoms with Crippen LogP contribution in [0.25, 0.3) is 11.8 Å². The minimum atomic E-state index is -0.436. The van der Waals surface area contributed by atoms with Gasteiger partial charge >= 0.3 is 0 Å². The number of nitrogens with zero attached hydrogens (tertiary/aromatic N) is 4. The summed E-state index contributed by atoms with van der Waals surface area (Å²) in [5, 5.41) is 16.6. The van der Waals surface area contributed by atoms with Gasteiger partial charge in [-0.2, -0.15) is 15.1 Å². The Labute approximate surface area is 207 Å². The third-order valence-electron chi connectivity index (χ3n) is 6.01. The largest absolute Gasteiger partial charge is 0.318 e. The summed E-state index contributed by atoms with van der Waals surface area (Å²) in [6, 6.07) is 15.7. The van der Waals surface area contributed by atoms with Crippen molar-refractivity contribution in [3.8, 4) is 5.69 Å². The van der Waals surface area contributed by atoms with Gasteiger partial charge in [0.1, 0.15) is 5.04 Å². The van der Waals surface area contributed by atoms with E-state index in [2.05, 4.69) is 14.7 Å². The van der Waals surface area contributed by atoms with Crippen LogP contribution in [0.2, 0.25) is 5.02 Å². The van der Waals surface area contributed by atoms with Crippen molar-refractivity contribution >= 4 is 51.4 Å². The van der Waals surface area contributed by atoms with Crippen molar-refractivity contribution in [1.82, 2.24) is 9.58 Å². The van der Waals surface area contributed by atoms with Gasteiger partial charge in [0.2, 0.25) is 5.17 Å². The molecule has 0 aliphatic carbocycles. The third kappa shape index (κ3) is 3.71. The number of amides is 1. The zero-order valence-electron chi connectivity index (χ0n) is 19.2. The molecule has 3 heterocycles. The number of aryl methyl sites for hydroxylation is 3. The van der Waals surface area contributed by atoms with E-state index in [0.29, 0.717) is 10.2 Å². The Kier molecular flexibility index (Phi) is 5.54. The maximum atomic E-state index is 12.9. The zero-order chi connectivity index (χ0) is 24.1. The van der Waals surface area contributed by atoms with E-state index < -0.39 is 5.91 Å². The van der Waals surface area contributed by atoms with Crippen molar-refractivity contribution < 1.29 is 4.79 Å². The molecule has 2 aromatic carbocycles. The fraction of sp³-hybridized carbons (Fsp3) is 0.154. The number of aliphatic imine (C=N–C) groups is 1. The maximum Gasteiger partial charge on any atom is 0.283 e. The van der Waals surface area contributed by atoms with Crippen LogP contribution in [0.4, 0.5) is 0 Å². The minimum Gasteiger partial charge on any atom is -0.318 e. The topological polar surface area (TPSA) is 73.8 Å². The molecule has 34 heavy (non-hydrogen) atoms. The van der Waals surface area contributed by atoms with Gasteiger partial charge in [-0.25, -0.2) is 0 Å². The summed E-state index contributed by atoms with van der Waals surface area (Å²) < 4.78 is 2.11. The minimum absolute atomic E-state index is 0.0230. The molecule has 2 aliphatic rings. The van der Waals surface area contributed by atoms with E-state index in [-0.39, 0.29) is 11.4 Å². The van der Waals surface area contributed by atoms with Gasteiger partial charge in [-0.05, 0) is 80.4 Å². The van der Waals surface area contributed by atoms with Gasteiger partial charge in [0, 0.05) is 27.7 Å². The van der Waals surface area contributed by atoms with E-state index in [0.717, 1.165) is 44.4 Å². The zero-order valence-corrected chi connectivity index (χ0v) is 20.8. The van der Waals surface area contributed by atoms with E-state index in [4.69, 9.17) is 17.0 Å². The predicted molar refractivity (Wildman–Crippen MR) is 140 cm³/mol. The number of thioether (sulfide) groups is 1. The normalized spacial score (nSPS) is 16.7. The van der Waals surface area contributed by atoms with Crippen molar-refractivity contribution in [3.05, 3.63) is 92.8 Å². The molecule has 1 amide bonds. The van der Waals surface area contributed by atoms with Gasteiger partial charge in [0.05, 0.1) is 5.57 Å². The Morgan fingerprint density at radius 1 is 1.03 bits per heavy atom. The van der Waals surface area contributed by atoms with Crippen LogP contribution in [0, 0.1) is 33.1 Å². The average Bonchev–Trinajstić information content (AvgIpc) is 3.33. The molecule has 0 fully saturated rings. The molecule has 1 aromatic heterocycles. The molecule has 6 nitrogen and oxygen atoms in total. The van der Waals surface area contributed by atoms with Crippen LogP contribution >= 0.6 is 23.4 Å². The summed E-state index contributed by atoms with van der Waals surface area (Å²) in [6.07, 6.45) is 1.73. The van der Waals surface area contributed by atoms with Gasteiger partial charge in [0.25, 0.3) is 5.91 Å². The SMILES string of the molecule is Cc1ccccc1C1=NN2C(=N)/C(=C/c3cc(C)n(-c4cc(Cl)ccc4C)c3C)C(=O)N=C2S1. The first-order valence-corrected chi connectivity index (χ1v) is 12.0. The van der Waals surface area contributed by atoms with E-state index in [9.17, 15) is 4.79 Å². The summed E-state index contributed by atoms with van der Waals surface area (Å²) in [7, 11) is 0. The number of amidine groups is 2. The second kappa shape index (κ2) is 8.42. The van der Waals surface area contributed by atoms with Crippen LogP contribution in [0.1, 0.15) is 33.6 Å². The average molecular weight is 488 g/mol. The molecule has 3 aromatic rings. The van der Waals surface area contributed by atoms with Crippen molar-refractivity contribution in [2.45, 2.75) is 27.7 Å². The molecule has 0 saturated carbocycles. The predicted octanol–water partition coefficient (Wildman–Crippen LogP) is 6.03. The number of halogens is 1. The number of hydrogen-bond acceptors (Lipinski definition) is 4. The Hall–Kier alpha value is -3.42. The summed E-state index contributed by atoms with van der Waals surface area (Å²) in [5.74, 6) is -0.413. The molecule has 0 radical (unpaired) electrons. The highest BCUT2D eigenvalue weighted by molar-refractivity contribution is 8.27. The lowest BCUT2D eigenvalue weighted by molar-refractivity contribution is -0.114. The van der Waals surface area contributed by atoms with Gasteiger partial charge in [-0.1, -0.05) is 41.9 Å². The van der Waals surface area contributed by atoms with Gasteiger partial charge < -0.3 is 4.57 Å². The standard InChI is InChI=1S/C26H22ClN5OS/c1-14-7-5-6-8-20(14)25-30-32-23(28)21(24(33)29-26(32)34-25)12-18-11-16(3)31(17(18)4)22-13-19(27)10-9-15(22)2/h5-13,28H,1-4H3/b21-12-,28-23?. The summed E-state index contributed by atoms with van der Waals surface area (Å²) >= 11 is 7.56. The first-order chi connectivity index (χ1) is 16.2. The lowest BCUT2D eigenvalue weighted by Crippen LogP contribution is -2.35. The number of aromatic nitrogens is 1. The summed E-state index contributed by atoms with van der Waals surface area (Å²) in [6.45, 7) is 8.05. The second-order valence-corrected chi connectivity index (χ2v) is 9.73. The lowest BCUT2D eigenvalue weighted by Gasteiger charge is -2.20. The first-order valence-electron chi connectivity index (χ1n) is 10.8. The number of carbonyl (C=O) groups is 1. The van der Waals surface area contributed by atoms with Gasteiger partial charge in [-0.15, -0.1) is 0 Å². The van der Waals surface area contributed by atoms with E-state index in [1.165, 1.54) is 16.8 Å². The number of benzene rings is 2. The monoisotopic (exact) mass is 487 g/mol. The van der Waals surface area contributed by atoms with Crippen LogP contribution in [0.5, 0.6) is 0 Å². The number of carbonyl (C=O) groups excluding carboxylic acids is 1. The van der Waals surface area contributed by atoms with Crippen LogP contribution in [0.15, 0.2) is 64.2 Å². The highest BCUT2D eigenvalue weighted by Crippen LogP contribution is 2.33. The molecule has 0 atom stereocenters. The molecule has 0 bridgehead atoms. The lowest BCUT2D eigenvalue weighted by atomic mass is 10.1. The molecule has 1 N–H and O–H groups in total. The summed E-state index contributed by atoms with van der Waals surface area (Å²) in [4.78, 5) is 17.2. The molecule has 8 heteroatoms. The smallest absolute Gasteiger partial charge is 0.283 e. The number of nitrogens with one attached hydrogen (secondary N) is 1. The molecule has 5 rings (SSSR count). The quantitative estimate of drug-likeness (QED) is 0.458. The molecular formula is C26H22ClN5OS. The molecule has 0 saturated heterocycles. The number of rotatable bonds is 3. The number of hydrazone groups is 1. The Morgan fingerprint density at radius 2 is 1.79 bits per heavy atom. The van der Waals surface area contributed by atoms with E-state index >= 15 is 0 Å². The molecule has 0 unspecified atom stereocenters. The Morgan fingerprint density at radius 3 is 2.56 bits per heavy atom. The molecule has 2 aliphatic heterocycles. The highest BCUT2D eigenvalue weighted by atomic mass is 35.5. The van der Waals surface area contributed by atoms with E-state index in [1.807, 2.05) is 76.2 Å². The van der Waals surface area contributed by atoms with Crippen molar-refractivity contribution in [3.63, 3.8) is 0 Å². The maximum absolute atomic E-state index is 12.9. The van der Waals surface area contributed by atoms with Crippen LogP contribution in [-0.2, 0) is 4.79 Å². The molecule has 170 valence electrons. The highest BCUT2D eigenvalue weighted by Gasteiger charge is 2.36. The van der Waals surface area contributed by atoms with Gasteiger partial charge in [0.15, 0.2) is 5.84 Å². The Bertz CT molecular complexity index is 1480. The van der Waals surface area contributed by atoms with Crippen LogP contribution in [-0.4, -0.2) is 31.5 Å². The van der Waals surface area contributed by atoms with Crippen LogP contribution < -0.4 is 0 Å². The Balaban J connectivity index is 1.54. The summed E-state index contributed by atoms with van der Waals surface area (Å²) in [5.41, 5.74) is 7.13. The van der Waals surface area contributed by atoms with Crippen molar-refractivity contribution in [2.75, 3.05) is 0 Å². The first kappa shape index (κ1) is 22.4. The van der Waals surface area contributed by atoms with Gasteiger partial charge in [-0.3, -0.25) is 10.2 Å². The molecule has 0 spiro atoms. The molecular weight excluding hydrogens is 466 g/mol. The van der Waals surface area contributed by atoms with Crippen LogP contribution in [0.3, 0.4) is 0 Å². The second-order valence-electron chi connectivity index (χ2n) is 8.33. The van der Waals surface area contributed by atoms with Crippen molar-refractivity contribution in [2.24, 2.45) is 10.1 Å². The fourth-order valence-corrected chi connectivity index (χ4v) is 5.35. The fourth-order valence-electron chi connectivity index (χ4n) is 4.20.